The lowest BCUT2D eigenvalue weighted by Crippen LogP contribution is -2.35. The molecular weight excluding hydrogens is 326 g/mol. The summed E-state index contributed by atoms with van der Waals surface area (Å²) in [6.07, 6.45) is 4.47. The largest absolute Gasteiger partial charge is 0.478 e. The Labute approximate surface area is 154 Å². The molecule has 0 fully saturated rings. The van der Waals surface area contributed by atoms with Crippen LogP contribution < -0.4 is 5.32 Å². The average molecular weight is 351 g/mol. The van der Waals surface area contributed by atoms with Gasteiger partial charge in [-0.25, -0.2) is 4.79 Å². The number of hydrogen-bond acceptors (Lipinski definition) is 2. The fourth-order valence-corrected chi connectivity index (χ4v) is 3.11. The van der Waals surface area contributed by atoms with E-state index in [2.05, 4.69) is 36.5 Å². The van der Waals surface area contributed by atoms with Crippen LogP contribution in [0, 0.1) is 0 Å². The van der Waals surface area contributed by atoms with Gasteiger partial charge in [-0.1, -0.05) is 74.0 Å². The summed E-state index contributed by atoms with van der Waals surface area (Å²) in [7, 11) is 0. The van der Waals surface area contributed by atoms with Crippen LogP contribution in [0.4, 0.5) is 0 Å². The number of hydrogen-bond donors (Lipinski definition) is 2. The number of carboxylic acid groups (broad SMARTS) is 1. The Bertz CT molecular complexity index is 686. The van der Waals surface area contributed by atoms with Gasteiger partial charge in [0.15, 0.2) is 0 Å². The number of amides is 1. The summed E-state index contributed by atoms with van der Waals surface area (Å²) < 4.78 is 0. The van der Waals surface area contributed by atoms with Gasteiger partial charge in [-0.05, 0) is 24.0 Å². The minimum Gasteiger partial charge on any atom is -0.478 e. The minimum atomic E-state index is -1.13. The fraction of sp³-hybridized carbons (Fsp3) is 0.273. The summed E-state index contributed by atoms with van der Waals surface area (Å²) in [5, 5.41) is 11.6. The zero-order valence-electron chi connectivity index (χ0n) is 15.0. The molecule has 1 unspecified atom stereocenters. The number of benzene rings is 2. The average Bonchev–Trinajstić information content (AvgIpc) is 2.66. The lowest BCUT2D eigenvalue weighted by atomic mass is 9.85. The van der Waals surface area contributed by atoms with E-state index in [1.54, 1.807) is 0 Å². The van der Waals surface area contributed by atoms with E-state index in [0.29, 0.717) is 0 Å². The van der Waals surface area contributed by atoms with Gasteiger partial charge in [0, 0.05) is 24.1 Å². The Morgan fingerprint density at radius 2 is 1.50 bits per heavy atom. The van der Waals surface area contributed by atoms with Gasteiger partial charge in [-0.3, -0.25) is 4.79 Å². The number of carboxylic acids is 1. The molecule has 2 rings (SSSR count). The molecule has 1 atom stereocenters. The minimum absolute atomic E-state index is 0.0312. The van der Waals surface area contributed by atoms with Crippen molar-refractivity contribution in [2.75, 3.05) is 0 Å². The topological polar surface area (TPSA) is 66.4 Å². The molecular formula is C22H25NO3. The van der Waals surface area contributed by atoms with Crippen molar-refractivity contribution in [2.45, 2.75) is 38.1 Å². The molecule has 2 aromatic carbocycles. The van der Waals surface area contributed by atoms with Crippen molar-refractivity contribution >= 4 is 11.9 Å². The molecule has 1 amide bonds. The third-order valence-electron chi connectivity index (χ3n) is 4.28. The Morgan fingerprint density at radius 3 is 1.96 bits per heavy atom. The van der Waals surface area contributed by atoms with Gasteiger partial charge >= 0.3 is 5.97 Å². The molecule has 0 spiro atoms. The first-order valence-electron chi connectivity index (χ1n) is 8.91. The molecule has 0 aliphatic rings. The standard InChI is InChI=1S/C22H25NO3/c1-2-9-19(23-21(24)14-15-22(25)26)16-20(17-10-5-3-6-11-17)18-12-7-4-8-13-18/h3-8,10-15,19-20H,2,9,16H2,1H3,(H,23,24)(H,25,26)/b15-14-. The second-order valence-corrected chi connectivity index (χ2v) is 6.28. The summed E-state index contributed by atoms with van der Waals surface area (Å²) in [6, 6.07) is 20.5. The summed E-state index contributed by atoms with van der Waals surface area (Å²) in [5.74, 6) is -1.33. The van der Waals surface area contributed by atoms with E-state index in [0.717, 1.165) is 31.4 Å². The molecule has 0 aliphatic carbocycles. The molecule has 0 heterocycles. The van der Waals surface area contributed by atoms with Crippen molar-refractivity contribution in [1.29, 1.82) is 0 Å². The van der Waals surface area contributed by atoms with Crippen molar-refractivity contribution in [3.63, 3.8) is 0 Å². The molecule has 26 heavy (non-hydrogen) atoms. The second-order valence-electron chi connectivity index (χ2n) is 6.28. The zero-order chi connectivity index (χ0) is 18.8. The number of nitrogens with one attached hydrogen (secondary N) is 1. The SMILES string of the molecule is CCCC(CC(c1ccccc1)c1ccccc1)NC(=O)/C=C\C(=O)O. The van der Waals surface area contributed by atoms with E-state index in [9.17, 15) is 9.59 Å². The third kappa shape index (κ3) is 6.20. The van der Waals surface area contributed by atoms with Crippen molar-refractivity contribution in [2.24, 2.45) is 0 Å². The molecule has 0 aliphatic heterocycles. The van der Waals surface area contributed by atoms with Gasteiger partial charge in [-0.15, -0.1) is 0 Å². The highest BCUT2D eigenvalue weighted by Gasteiger charge is 2.20. The molecule has 4 heteroatoms. The lowest BCUT2D eigenvalue weighted by Gasteiger charge is -2.25. The van der Waals surface area contributed by atoms with Crippen molar-refractivity contribution in [3.8, 4) is 0 Å². The van der Waals surface area contributed by atoms with Crippen LogP contribution in [0.1, 0.15) is 43.2 Å². The van der Waals surface area contributed by atoms with Gasteiger partial charge < -0.3 is 10.4 Å². The van der Waals surface area contributed by atoms with Crippen LogP contribution in [-0.4, -0.2) is 23.0 Å². The van der Waals surface area contributed by atoms with Gasteiger partial charge in [-0.2, -0.15) is 0 Å². The Balaban J connectivity index is 2.20. The van der Waals surface area contributed by atoms with E-state index in [1.165, 1.54) is 11.1 Å². The van der Waals surface area contributed by atoms with Crippen LogP contribution in [0.2, 0.25) is 0 Å². The number of rotatable bonds is 9. The third-order valence-corrected chi connectivity index (χ3v) is 4.28. The maximum absolute atomic E-state index is 12.0. The van der Waals surface area contributed by atoms with Crippen LogP contribution in [-0.2, 0) is 9.59 Å². The van der Waals surface area contributed by atoms with E-state index in [-0.39, 0.29) is 17.9 Å². The highest BCUT2D eigenvalue weighted by Crippen LogP contribution is 2.30. The molecule has 0 saturated heterocycles. The van der Waals surface area contributed by atoms with Crippen molar-refractivity contribution < 1.29 is 14.7 Å². The first kappa shape index (κ1) is 19.4. The lowest BCUT2D eigenvalue weighted by molar-refractivity contribution is -0.131. The highest BCUT2D eigenvalue weighted by molar-refractivity contribution is 5.94. The number of aliphatic carboxylic acids is 1. The van der Waals surface area contributed by atoms with Crippen LogP contribution >= 0.6 is 0 Å². The normalized spacial score (nSPS) is 12.2. The van der Waals surface area contributed by atoms with Gasteiger partial charge in [0.05, 0.1) is 0 Å². The molecule has 136 valence electrons. The van der Waals surface area contributed by atoms with Gasteiger partial charge in [0.2, 0.25) is 5.91 Å². The van der Waals surface area contributed by atoms with E-state index < -0.39 is 5.97 Å². The molecule has 0 saturated carbocycles. The number of carbonyl (C=O) groups excluding carboxylic acids is 1. The molecule has 4 nitrogen and oxygen atoms in total. The van der Waals surface area contributed by atoms with Crippen LogP contribution in [0.15, 0.2) is 72.8 Å². The Morgan fingerprint density at radius 1 is 0.962 bits per heavy atom. The molecule has 0 radical (unpaired) electrons. The van der Waals surface area contributed by atoms with Crippen LogP contribution in [0.5, 0.6) is 0 Å². The van der Waals surface area contributed by atoms with Crippen LogP contribution in [0.3, 0.4) is 0 Å². The van der Waals surface area contributed by atoms with Crippen molar-refractivity contribution in [3.05, 3.63) is 83.9 Å². The summed E-state index contributed by atoms with van der Waals surface area (Å²) >= 11 is 0. The molecule has 2 N–H and O–H groups in total. The van der Waals surface area contributed by atoms with Gasteiger partial charge in [0.25, 0.3) is 0 Å². The predicted octanol–water partition coefficient (Wildman–Crippen LogP) is 4.13. The quantitative estimate of drug-likeness (QED) is 0.668. The molecule has 0 bridgehead atoms. The Kier molecular flexibility index (Phi) is 7.62. The first-order valence-corrected chi connectivity index (χ1v) is 8.91. The van der Waals surface area contributed by atoms with E-state index in [4.69, 9.17) is 5.11 Å². The van der Waals surface area contributed by atoms with Gasteiger partial charge in [0.1, 0.15) is 0 Å². The van der Waals surface area contributed by atoms with E-state index in [1.807, 2.05) is 36.4 Å². The fourth-order valence-electron chi connectivity index (χ4n) is 3.11. The maximum atomic E-state index is 12.0. The second kappa shape index (κ2) is 10.2. The maximum Gasteiger partial charge on any atom is 0.328 e. The monoisotopic (exact) mass is 351 g/mol. The summed E-state index contributed by atoms with van der Waals surface area (Å²) in [4.78, 5) is 22.6. The smallest absolute Gasteiger partial charge is 0.328 e. The predicted molar refractivity (Wildman–Crippen MR) is 103 cm³/mol. The van der Waals surface area contributed by atoms with E-state index >= 15 is 0 Å². The zero-order valence-corrected chi connectivity index (χ0v) is 15.0. The summed E-state index contributed by atoms with van der Waals surface area (Å²) in [5.41, 5.74) is 2.41. The first-order chi connectivity index (χ1) is 12.6. The number of carbonyl (C=O) groups is 2. The summed E-state index contributed by atoms with van der Waals surface area (Å²) in [6.45, 7) is 2.08. The molecule has 2 aromatic rings. The molecule has 0 aromatic heterocycles. The Hall–Kier alpha value is -2.88. The highest BCUT2D eigenvalue weighted by atomic mass is 16.4. The van der Waals surface area contributed by atoms with Crippen molar-refractivity contribution in [1.82, 2.24) is 5.32 Å². The van der Waals surface area contributed by atoms with Crippen LogP contribution in [0.25, 0.3) is 0 Å².